The number of aliphatic hydroxyl groups is 1. The van der Waals surface area contributed by atoms with Crippen molar-refractivity contribution in [1.82, 2.24) is 5.32 Å². The summed E-state index contributed by atoms with van der Waals surface area (Å²) < 4.78 is 11.8. The average Bonchev–Trinajstić information content (AvgIpc) is 2.73. The van der Waals surface area contributed by atoms with Gasteiger partial charge in [-0.3, -0.25) is 0 Å². The molecule has 1 aliphatic heterocycles. The first-order chi connectivity index (χ1) is 9.55. The zero-order valence-corrected chi connectivity index (χ0v) is 12.6. The highest BCUT2D eigenvalue weighted by Gasteiger charge is 2.32. The van der Waals surface area contributed by atoms with Crippen LogP contribution in [0.1, 0.15) is 32.8 Å². The first-order valence-corrected chi connectivity index (χ1v) is 7.33. The molecule has 1 aromatic carbocycles. The smallest absolute Gasteiger partial charge is 0.165 e. The molecule has 4 nitrogen and oxygen atoms in total. The molecule has 0 saturated heterocycles. The van der Waals surface area contributed by atoms with E-state index in [9.17, 15) is 5.11 Å². The van der Waals surface area contributed by atoms with Crippen LogP contribution in [0.3, 0.4) is 0 Å². The Balaban J connectivity index is 1.99. The average molecular weight is 279 g/mol. The maximum absolute atomic E-state index is 9.33. The van der Waals surface area contributed by atoms with E-state index in [-0.39, 0.29) is 18.2 Å². The minimum Gasteiger partial charge on any atom is -0.488 e. The van der Waals surface area contributed by atoms with Crippen LogP contribution in [0.15, 0.2) is 18.2 Å². The third-order valence-corrected chi connectivity index (χ3v) is 3.40. The van der Waals surface area contributed by atoms with Crippen LogP contribution >= 0.6 is 0 Å². The lowest BCUT2D eigenvalue weighted by molar-refractivity contribution is 0.128. The number of hydrogen-bond acceptors (Lipinski definition) is 4. The fourth-order valence-corrected chi connectivity index (χ4v) is 2.42. The van der Waals surface area contributed by atoms with Crippen molar-refractivity contribution in [3.63, 3.8) is 0 Å². The van der Waals surface area contributed by atoms with Gasteiger partial charge in [0, 0.05) is 12.0 Å². The van der Waals surface area contributed by atoms with Gasteiger partial charge in [0.15, 0.2) is 11.5 Å². The quantitative estimate of drug-likeness (QED) is 0.803. The van der Waals surface area contributed by atoms with Crippen LogP contribution in [0, 0.1) is 0 Å². The monoisotopic (exact) mass is 279 g/mol. The number of rotatable bonds is 7. The lowest BCUT2D eigenvalue weighted by Gasteiger charge is -2.20. The largest absolute Gasteiger partial charge is 0.488 e. The Labute approximate surface area is 121 Å². The van der Waals surface area contributed by atoms with Crippen LogP contribution in [0.25, 0.3) is 0 Å². The van der Waals surface area contributed by atoms with E-state index in [1.165, 1.54) is 5.56 Å². The molecule has 1 aliphatic rings. The molecule has 4 heteroatoms. The molecule has 0 spiro atoms. The highest BCUT2D eigenvalue weighted by atomic mass is 16.5. The number of aliphatic hydroxyl groups excluding tert-OH is 1. The second-order valence-corrected chi connectivity index (χ2v) is 5.93. The minimum absolute atomic E-state index is 0.0415. The Morgan fingerprint density at radius 2 is 2.25 bits per heavy atom. The molecule has 0 aliphatic carbocycles. The SMILES string of the molecule is CCCNC(CO)COc1cccc2c1OC(C)(C)C2. The van der Waals surface area contributed by atoms with Gasteiger partial charge in [0.1, 0.15) is 12.2 Å². The number of ether oxygens (including phenoxy) is 2. The molecular weight excluding hydrogens is 254 g/mol. The van der Waals surface area contributed by atoms with Gasteiger partial charge >= 0.3 is 0 Å². The molecule has 0 radical (unpaired) electrons. The summed E-state index contributed by atoms with van der Waals surface area (Å²) in [6.45, 7) is 7.65. The second kappa shape index (κ2) is 6.46. The van der Waals surface area contributed by atoms with Gasteiger partial charge in [-0.2, -0.15) is 0 Å². The van der Waals surface area contributed by atoms with Crippen molar-refractivity contribution in [2.75, 3.05) is 19.8 Å². The Hall–Kier alpha value is -1.26. The van der Waals surface area contributed by atoms with Crippen molar-refractivity contribution in [3.8, 4) is 11.5 Å². The van der Waals surface area contributed by atoms with E-state index >= 15 is 0 Å². The number of hydrogen-bond donors (Lipinski definition) is 2. The van der Waals surface area contributed by atoms with Crippen LogP contribution in [-0.4, -0.2) is 36.5 Å². The van der Waals surface area contributed by atoms with E-state index in [2.05, 4.69) is 32.2 Å². The van der Waals surface area contributed by atoms with Crippen molar-refractivity contribution in [2.45, 2.75) is 45.3 Å². The highest BCUT2D eigenvalue weighted by Crippen LogP contribution is 2.41. The molecule has 0 amide bonds. The Kier molecular flexibility index (Phi) is 4.89. The normalized spacial score (nSPS) is 17.4. The summed E-state index contributed by atoms with van der Waals surface area (Å²) >= 11 is 0. The maximum Gasteiger partial charge on any atom is 0.165 e. The van der Waals surface area contributed by atoms with E-state index in [4.69, 9.17) is 9.47 Å². The molecule has 2 rings (SSSR count). The first kappa shape index (κ1) is 15.1. The third kappa shape index (κ3) is 3.64. The Morgan fingerprint density at radius 1 is 1.45 bits per heavy atom. The van der Waals surface area contributed by atoms with Crippen LogP contribution < -0.4 is 14.8 Å². The topological polar surface area (TPSA) is 50.7 Å². The van der Waals surface area contributed by atoms with Crippen molar-refractivity contribution in [3.05, 3.63) is 23.8 Å². The molecule has 112 valence electrons. The summed E-state index contributed by atoms with van der Waals surface area (Å²) in [5.41, 5.74) is 1.02. The van der Waals surface area contributed by atoms with Crippen molar-refractivity contribution < 1.29 is 14.6 Å². The van der Waals surface area contributed by atoms with Crippen LogP contribution in [0.2, 0.25) is 0 Å². The zero-order valence-electron chi connectivity index (χ0n) is 12.6. The Bertz CT molecular complexity index is 445. The van der Waals surface area contributed by atoms with Gasteiger partial charge in [0.05, 0.1) is 12.6 Å². The van der Waals surface area contributed by atoms with Crippen molar-refractivity contribution >= 4 is 0 Å². The van der Waals surface area contributed by atoms with Gasteiger partial charge in [0.2, 0.25) is 0 Å². The summed E-state index contributed by atoms with van der Waals surface area (Å²) in [4.78, 5) is 0. The zero-order chi connectivity index (χ0) is 14.6. The van der Waals surface area contributed by atoms with Gasteiger partial charge in [-0.15, -0.1) is 0 Å². The van der Waals surface area contributed by atoms with Crippen molar-refractivity contribution in [1.29, 1.82) is 0 Å². The molecule has 1 unspecified atom stereocenters. The number of para-hydroxylation sites is 1. The van der Waals surface area contributed by atoms with Crippen LogP contribution in [-0.2, 0) is 6.42 Å². The van der Waals surface area contributed by atoms with Crippen LogP contribution in [0.5, 0.6) is 11.5 Å². The van der Waals surface area contributed by atoms with E-state index < -0.39 is 0 Å². The molecule has 0 aromatic heterocycles. The van der Waals surface area contributed by atoms with Gasteiger partial charge in [0.25, 0.3) is 0 Å². The summed E-state index contributed by atoms with van der Waals surface area (Å²) in [6, 6.07) is 5.96. The van der Waals surface area contributed by atoms with E-state index in [0.29, 0.717) is 6.61 Å². The minimum atomic E-state index is -0.168. The summed E-state index contributed by atoms with van der Waals surface area (Å²) in [7, 11) is 0. The fraction of sp³-hybridized carbons (Fsp3) is 0.625. The number of fused-ring (bicyclic) bond motifs is 1. The van der Waals surface area contributed by atoms with E-state index in [1.807, 2.05) is 12.1 Å². The molecule has 1 heterocycles. The summed E-state index contributed by atoms with van der Waals surface area (Å²) in [5.74, 6) is 1.62. The highest BCUT2D eigenvalue weighted by molar-refractivity contribution is 5.50. The molecule has 0 fully saturated rings. The summed E-state index contributed by atoms with van der Waals surface area (Å²) in [5, 5.41) is 12.6. The van der Waals surface area contributed by atoms with Gasteiger partial charge in [-0.1, -0.05) is 19.1 Å². The lowest BCUT2D eigenvalue weighted by atomic mass is 10.0. The second-order valence-electron chi connectivity index (χ2n) is 5.93. The number of benzene rings is 1. The molecular formula is C16H25NO3. The molecule has 1 aromatic rings. The fourth-order valence-electron chi connectivity index (χ4n) is 2.42. The van der Waals surface area contributed by atoms with Gasteiger partial charge in [-0.05, 0) is 32.9 Å². The third-order valence-electron chi connectivity index (χ3n) is 3.40. The molecule has 1 atom stereocenters. The van der Waals surface area contributed by atoms with E-state index in [1.54, 1.807) is 0 Å². The molecule has 2 N–H and O–H groups in total. The van der Waals surface area contributed by atoms with Crippen molar-refractivity contribution in [2.24, 2.45) is 0 Å². The van der Waals surface area contributed by atoms with E-state index in [0.717, 1.165) is 30.9 Å². The Morgan fingerprint density at radius 3 is 2.95 bits per heavy atom. The lowest BCUT2D eigenvalue weighted by Crippen LogP contribution is -2.38. The predicted octanol–water partition coefficient (Wildman–Crippen LogP) is 2.14. The molecule has 0 saturated carbocycles. The predicted molar refractivity (Wildman–Crippen MR) is 79.5 cm³/mol. The van der Waals surface area contributed by atoms with Gasteiger partial charge < -0.3 is 19.9 Å². The summed E-state index contributed by atoms with van der Waals surface area (Å²) in [6.07, 6.45) is 1.94. The maximum atomic E-state index is 9.33. The first-order valence-electron chi connectivity index (χ1n) is 7.33. The van der Waals surface area contributed by atoms with Crippen LogP contribution in [0.4, 0.5) is 0 Å². The molecule has 20 heavy (non-hydrogen) atoms. The molecule has 0 bridgehead atoms. The standard InChI is InChI=1S/C16H25NO3/c1-4-8-17-13(10-18)11-19-14-7-5-6-12-9-16(2,3)20-15(12)14/h5-7,13,17-18H,4,8-11H2,1-3H3. The number of nitrogens with one attached hydrogen (secondary N) is 1. The van der Waals surface area contributed by atoms with Gasteiger partial charge in [-0.25, -0.2) is 0 Å².